The van der Waals surface area contributed by atoms with E-state index in [0.29, 0.717) is 11.5 Å². The van der Waals surface area contributed by atoms with Crippen LogP contribution < -0.4 is 5.32 Å². The molecule has 0 radical (unpaired) electrons. The zero-order chi connectivity index (χ0) is 22.9. The lowest BCUT2D eigenvalue weighted by atomic mass is 9.97. The van der Waals surface area contributed by atoms with Crippen molar-refractivity contribution < 1.29 is 33.8 Å². The summed E-state index contributed by atoms with van der Waals surface area (Å²) in [5, 5.41) is 27.3. The predicted molar refractivity (Wildman–Crippen MR) is 118 cm³/mol. The highest BCUT2D eigenvalue weighted by atomic mass is 31.2. The molecule has 0 spiro atoms. The molecule has 33 heavy (non-hydrogen) atoms. The van der Waals surface area contributed by atoms with Crippen molar-refractivity contribution in [2.45, 2.75) is 24.5 Å². The maximum Gasteiger partial charge on any atom is 0.469 e. The molecule has 2 aromatic carbocycles. The van der Waals surface area contributed by atoms with Crippen LogP contribution in [0.4, 0.5) is 11.5 Å². The number of aliphatic hydroxyl groups is 2. The van der Waals surface area contributed by atoms with Gasteiger partial charge >= 0.3 is 7.82 Å². The van der Waals surface area contributed by atoms with Crippen LogP contribution >= 0.6 is 7.82 Å². The molecule has 0 saturated carbocycles. The lowest BCUT2D eigenvalue weighted by Gasteiger charge is -2.18. The van der Waals surface area contributed by atoms with Gasteiger partial charge in [-0.15, -0.1) is 0 Å². The SMILES string of the molecule is O=P(O)(O)OC[C@H]1O[C@@H](n2cc3c4c(ncnc42)Nc2cc4ccccc4cc2-3)C(O)[C@H]1O. The summed E-state index contributed by atoms with van der Waals surface area (Å²) in [4.78, 5) is 26.7. The maximum atomic E-state index is 11.0. The minimum absolute atomic E-state index is 0.481. The molecule has 1 saturated heterocycles. The number of aliphatic hydroxyl groups excluding tert-OH is 2. The first-order valence-corrected chi connectivity index (χ1v) is 11.7. The summed E-state index contributed by atoms with van der Waals surface area (Å²) in [6.07, 6.45) is -1.80. The molecule has 2 aliphatic rings. The maximum absolute atomic E-state index is 11.0. The first-order chi connectivity index (χ1) is 15.8. The molecule has 12 heteroatoms. The molecule has 4 heterocycles. The van der Waals surface area contributed by atoms with E-state index >= 15 is 0 Å². The smallest absolute Gasteiger partial charge is 0.387 e. The van der Waals surface area contributed by atoms with Crippen LogP contribution in [-0.4, -0.2) is 59.5 Å². The number of ether oxygens (including phenoxy) is 1. The van der Waals surface area contributed by atoms with Crippen molar-refractivity contribution >= 4 is 41.1 Å². The molecule has 0 amide bonds. The van der Waals surface area contributed by atoms with Crippen LogP contribution in [0.15, 0.2) is 48.9 Å². The molecular formula is C21H19N4O7P. The molecule has 1 fully saturated rings. The zero-order valence-electron chi connectivity index (χ0n) is 16.9. The number of hydrogen-bond donors (Lipinski definition) is 5. The molecule has 4 aromatic rings. The fraction of sp³-hybridized carbons (Fsp3) is 0.238. The van der Waals surface area contributed by atoms with Gasteiger partial charge in [-0.3, -0.25) is 4.52 Å². The van der Waals surface area contributed by atoms with Gasteiger partial charge in [0.2, 0.25) is 0 Å². The lowest BCUT2D eigenvalue weighted by Crippen LogP contribution is -2.33. The number of phosphoric ester groups is 1. The third-order valence-electron chi connectivity index (χ3n) is 6.06. The van der Waals surface area contributed by atoms with Crippen LogP contribution in [0.1, 0.15) is 6.23 Å². The van der Waals surface area contributed by atoms with E-state index in [9.17, 15) is 14.8 Å². The summed E-state index contributed by atoms with van der Waals surface area (Å²) < 4.78 is 22.9. The van der Waals surface area contributed by atoms with Crippen LogP contribution in [0.25, 0.3) is 32.9 Å². The quantitative estimate of drug-likeness (QED) is 0.246. The molecule has 2 aliphatic heterocycles. The monoisotopic (exact) mass is 470 g/mol. The van der Waals surface area contributed by atoms with E-state index in [0.717, 1.165) is 33.0 Å². The highest BCUT2D eigenvalue weighted by molar-refractivity contribution is 7.46. The third kappa shape index (κ3) is 3.33. The summed E-state index contributed by atoms with van der Waals surface area (Å²) >= 11 is 0. The Labute approximate surface area is 186 Å². The molecule has 6 rings (SSSR count). The summed E-state index contributed by atoms with van der Waals surface area (Å²) in [6, 6.07) is 12.1. The molecule has 2 aromatic heterocycles. The zero-order valence-corrected chi connectivity index (χ0v) is 17.8. The minimum atomic E-state index is -4.76. The van der Waals surface area contributed by atoms with E-state index in [1.807, 2.05) is 30.3 Å². The number of anilines is 2. The number of hydrogen-bond acceptors (Lipinski definition) is 8. The van der Waals surface area contributed by atoms with Gasteiger partial charge in [-0.2, -0.15) is 0 Å². The van der Waals surface area contributed by atoms with Gasteiger partial charge in [-0.1, -0.05) is 24.3 Å². The molecule has 5 N–H and O–H groups in total. The van der Waals surface area contributed by atoms with Crippen LogP contribution in [0, 0.1) is 0 Å². The van der Waals surface area contributed by atoms with Gasteiger partial charge in [-0.25, -0.2) is 14.5 Å². The normalized spacial score (nSPS) is 24.2. The number of nitrogens with one attached hydrogen (secondary N) is 1. The summed E-state index contributed by atoms with van der Waals surface area (Å²) in [7, 11) is -4.76. The molecule has 4 atom stereocenters. The Morgan fingerprint density at radius 2 is 1.85 bits per heavy atom. The van der Waals surface area contributed by atoms with Crippen LogP contribution in [0.2, 0.25) is 0 Å². The van der Waals surface area contributed by atoms with Crippen molar-refractivity contribution in [2.75, 3.05) is 11.9 Å². The van der Waals surface area contributed by atoms with Crippen molar-refractivity contribution in [1.29, 1.82) is 0 Å². The largest absolute Gasteiger partial charge is 0.469 e. The van der Waals surface area contributed by atoms with Gasteiger partial charge in [0.05, 0.1) is 12.0 Å². The van der Waals surface area contributed by atoms with Crippen molar-refractivity contribution in [1.82, 2.24) is 14.5 Å². The fourth-order valence-electron chi connectivity index (χ4n) is 4.54. The van der Waals surface area contributed by atoms with E-state index in [4.69, 9.17) is 14.5 Å². The van der Waals surface area contributed by atoms with Gasteiger partial charge in [-0.05, 0) is 22.9 Å². The Balaban J connectivity index is 1.45. The Kier molecular flexibility index (Phi) is 4.58. The number of benzene rings is 2. The van der Waals surface area contributed by atoms with Crippen molar-refractivity contribution in [3.8, 4) is 11.1 Å². The van der Waals surface area contributed by atoms with Crippen molar-refractivity contribution in [3.05, 3.63) is 48.9 Å². The Bertz CT molecular complexity index is 1450. The Morgan fingerprint density at radius 1 is 1.09 bits per heavy atom. The highest BCUT2D eigenvalue weighted by Crippen LogP contribution is 2.46. The highest BCUT2D eigenvalue weighted by Gasteiger charge is 2.45. The number of phosphoric acid groups is 1. The second-order valence-corrected chi connectivity index (χ2v) is 9.31. The molecule has 170 valence electrons. The van der Waals surface area contributed by atoms with Gasteiger partial charge < -0.3 is 34.6 Å². The number of fused-ring (bicyclic) bond motifs is 3. The first-order valence-electron chi connectivity index (χ1n) is 10.2. The second kappa shape index (κ2) is 7.31. The van der Waals surface area contributed by atoms with Crippen LogP contribution in [-0.2, 0) is 13.8 Å². The second-order valence-electron chi connectivity index (χ2n) is 8.07. The summed E-state index contributed by atoms with van der Waals surface area (Å²) in [5.41, 5.74) is 3.11. The number of nitrogens with zero attached hydrogens (tertiary/aromatic N) is 3. The molecule has 0 aliphatic carbocycles. The average molecular weight is 470 g/mol. The first kappa shape index (κ1) is 20.7. The average Bonchev–Trinajstić information content (AvgIpc) is 3.30. The van der Waals surface area contributed by atoms with Crippen LogP contribution in [0.5, 0.6) is 0 Å². The number of aromatic nitrogens is 3. The van der Waals surface area contributed by atoms with Gasteiger partial charge in [0, 0.05) is 23.0 Å². The van der Waals surface area contributed by atoms with Crippen molar-refractivity contribution in [2.24, 2.45) is 0 Å². The molecule has 1 unspecified atom stereocenters. The molecule has 0 bridgehead atoms. The van der Waals surface area contributed by atoms with Gasteiger partial charge in [0.15, 0.2) is 6.23 Å². The van der Waals surface area contributed by atoms with Gasteiger partial charge in [0.1, 0.15) is 36.1 Å². The molecule has 11 nitrogen and oxygen atoms in total. The van der Waals surface area contributed by atoms with E-state index in [1.54, 1.807) is 10.8 Å². The van der Waals surface area contributed by atoms with E-state index in [2.05, 4.69) is 25.9 Å². The predicted octanol–water partition coefficient (Wildman–Crippen LogP) is 2.04. The van der Waals surface area contributed by atoms with Gasteiger partial charge in [0.25, 0.3) is 0 Å². The number of rotatable bonds is 4. The standard InChI is InChI=1S/C21H19N4O7P/c26-17-15(8-31-33(28,29)30)32-21(18(17)27)25-7-13-12-5-10-3-1-2-4-11(10)6-14(12)24-19-16(13)20(25)23-9-22-19/h1-7,9,15,17-18,21,26-27H,8H2,(H,22,23,24)(H2,28,29,30)/t15-,17+,18?,21-/m1/s1. The summed E-state index contributed by atoms with van der Waals surface area (Å²) in [5.74, 6) is 0.603. The Hall–Kier alpha value is -2.89. The minimum Gasteiger partial charge on any atom is -0.387 e. The fourth-order valence-corrected chi connectivity index (χ4v) is 4.88. The lowest BCUT2D eigenvalue weighted by molar-refractivity contribution is -0.0501. The third-order valence-corrected chi connectivity index (χ3v) is 6.54. The summed E-state index contributed by atoms with van der Waals surface area (Å²) in [6.45, 7) is -0.582. The van der Waals surface area contributed by atoms with Crippen molar-refractivity contribution in [3.63, 3.8) is 0 Å². The van der Waals surface area contributed by atoms with E-state index < -0.39 is 39.0 Å². The van der Waals surface area contributed by atoms with E-state index in [-0.39, 0.29) is 0 Å². The Morgan fingerprint density at radius 3 is 2.61 bits per heavy atom. The van der Waals surface area contributed by atoms with Crippen LogP contribution in [0.3, 0.4) is 0 Å². The topological polar surface area (TPSA) is 159 Å². The molecular weight excluding hydrogens is 451 g/mol. The van der Waals surface area contributed by atoms with E-state index in [1.165, 1.54) is 6.33 Å².